The highest BCUT2D eigenvalue weighted by Gasteiger charge is 2.13. The van der Waals surface area contributed by atoms with E-state index in [1.165, 1.54) is 11.3 Å². The fourth-order valence-electron chi connectivity index (χ4n) is 2.40. The molecule has 2 heterocycles. The summed E-state index contributed by atoms with van der Waals surface area (Å²) < 4.78 is 13.7. The van der Waals surface area contributed by atoms with Crippen LogP contribution in [0, 0.1) is 6.92 Å². The van der Waals surface area contributed by atoms with Crippen molar-refractivity contribution in [1.82, 2.24) is 9.72 Å². The predicted molar refractivity (Wildman–Crippen MR) is 100 cm³/mol. The van der Waals surface area contributed by atoms with E-state index in [0.29, 0.717) is 17.1 Å². The van der Waals surface area contributed by atoms with Gasteiger partial charge in [-0.3, -0.25) is 4.79 Å². The van der Waals surface area contributed by atoms with Crippen molar-refractivity contribution >= 4 is 39.2 Å². The van der Waals surface area contributed by atoms with Gasteiger partial charge in [0, 0.05) is 18.4 Å². The van der Waals surface area contributed by atoms with E-state index in [9.17, 15) is 4.79 Å². The van der Waals surface area contributed by atoms with Crippen molar-refractivity contribution in [2.24, 2.45) is 4.99 Å². The lowest BCUT2D eigenvalue weighted by Crippen LogP contribution is -2.18. The minimum absolute atomic E-state index is 0.154. The number of benzene rings is 1. The molecule has 0 aliphatic rings. The van der Waals surface area contributed by atoms with E-state index in [0.717, 1.165) is 28.3 Å². The van der Waals surface area contributed by atoms with Gasteiger partial charge in [0.05, 0.1) is 22.5 Å². The van der Waals surface area contributed by atoms with Gasteiger partial charge in [0.2, 0.25) is 5.76 Å². The van der Waals surface area contributed by atoms with Gasteiger partial charge in [-0.25, -0.2) is 0 Å². The van der Waals surface area contributed by atoms with E-state index < -0.39 is 5.91 Å². The molecule has 0 aliphatic heterocycles. The van der Waals surface area contributed by atoms with Crippen LogP contribution in [0.4, 0.5) is 0 Å². The SMILES string of the molecule is CCOc1ccc2c(c1)sc(=NC(=O)c1cc(C)no1)n2CCSC. The normalized spacial score (nSPS) is 12.0. The number of carbonyl (C=O) groups is 1. The molecule has 132 valence electrons. The van der Waals surface area contributed by atoms with E-state index in [2.05, 4.69) is 21.0 Å². The summed E-state index contributed by atoms with van der Waals surface area (Å²) in [5.41, 5.74) is 1.70. The number of hydrogen-bond donors (Lipinski definition) is 0. The topological polar surface area (TPSA) is 69.6 Å². The first-order valence-corrected chi connectivity index (χ1v) is 10.1. The summed E-state index contributed by atoms with van der Waals surface area (Å²) in [6.45, 7) is 5.12. The fraction of sp³-hybridized carbons (Fsp3) is 0.353. The van der Waals surface area contributed by atoms with Crippen LogP contribution in [0.25, 0.3) is 10.2 Å². The van der Waals surface area contributed by atoms with Gasteiger partial charge in [-0.05, 0) is 38.3 Å². The third-order valence-electron chi connectivity index (χ3n) is 3.52. The first-order valence-electron chi connectivity index (χ1n) is 7.90. The molecule has 0 N–H and O–H groups in total. The molecule has 0 spiro atoms. The molecule has 3 aromatic rings. The highest BCUT2D eigenvalue weighted by Crippen LogP contribution is 2.23. The minimum Gasteiger partial charge on any atom is -0.494 e. The number of thioether (sulfide) groups is 1. The number of thiazole rings is 1. The lowest BCUT2D eigenvalue weighted by Gasteiger charge is -2.05. The van der Waals surface area contributed by atoms with Crippen molar-refractivity contribution in [3.63, 3.8) is 0 Å². The summed E-state index contributed by atoms with van der Waals surface area (Å²) >= 11 is 3.22. The second-order valence-corrected chi connectivity index (χ2v) is 7.34. The van der Waals surface area contributed by atoms with Crippen molar-refractivity contribution in [2.75, 3.05) is 18.6 Å². The summed E-state index contributed by atoms with van der Waals surface area (Å²) in [6, 6.07) is 7.54. The van der Waals surface area contributed by atoms with Crippen molar-refractivity contribution < 1.29 is 14.1 Å². The second-order valence-electron chi connectivity index (χ2n) is 5.34. The van der Waals surface area contributed by atoms with Gasteiger partial charge in [-0.2, -0.15) is 16.8 Å². The minimum atomic E-state index is -0.421. The predicted octanol–water partition coefficient (Wildman–Crippen LogP) is 3.50. The molecular formula is C17H19N3O3S2. The molecule has 0 aliphatic carbocycles. The van der Waals surface area contributed by atoms with Crippen LogP contribution in [0.2, 0.25) is 0 Å². The zero-order valence-electron chi connectivity index (χ0n) is 14.3. The molecule has 0 radical (unpaired) electrons. The smallest absolute Gasteiger partial charge is 0.318 e. The zero-order valence-corrected chi connectivity index (χ0v) is 15.9. The van der Waals surface area contributed by atoms with Crippen LogP contribution >= 0.6 is 23.1 Å². The third kappa shape index (κ3) is 3.96. The van der Waals surface area contributed by atoms with E-state index in [-0.39, 0.29) is 5.76 Å². The Bertz CT molecular complexity index is 956. The molecule has 0 unspecified atom stereocenters. The Hall–Kier alpha value is -2.06. The van der Waals surface area contributed by atoms with Crippen LogP contribution in [0.1, 0.15) is 23.2 Å². The van der Waals surface area contributed by atoms with Crippen molar-refractivity contribution in [1.29, 1.82) is 0 Å². The Morgan fingerprint density at radius 2 is 2.28 bits per heavy atom. The monoisotopic (exact) mass is 377 g/mol. The highest BCUT2D eigenvalue weighted by molar-refractivity contribution is 7.98. The summed E-state index contributed by atoms with van der Waals surface area (Å²) in [6.07, 6.45) is 2.06. The highest BCUT2D eigenvalue weighted by atomic mass is 32.2. The maximum Gasteiger partial charge on any atom is 0.318 e. The van der Waals surface area contributed by atoms with Gasteiger partial charge in [-0.1, -0.05) is 16.5 Å². The molecule has 3 rings (SSSR count). The third-order valence-corrected chi connectivity index (χ3v) is 5.15. The molecule has 0 saturated carbocycles. The molecule has 8 heteroatoms. The zero-order chi connectivity index (χ0) is 17.8. The number of amides is 1. The summed E-state index contributed by atoms with van der Waals surface area (Å²) in [7, 11) is 0. The Morgan fingerprint density at radius 1 is 1.44 bits per heavy atom. The average molecular weight is 377 g/mol. The fourth-order valence-corrected chi connectivity index (χ4v) is 3.85. The Labute approximate surface area is 153 Å². The van der Waals surface area contributed by atoms with Crippen molar-refractivity contribution in [2.45, 2.75) is 20.4 Å². The van der Waals surface area contributed by atoms with Gasteiger partial charge in [0.15, 0.2) is 4.80 Å². The molecule has 0 atom stereocenters. The maximum absolute atomic E-state index is 12.4. The molecule has 6 nitrogen and oxygen atoms in total. The number of aryl methyl sites for hydroxylation is 2. The number of fused-ring (bicyclic) bond motifs is 1. The van der Waals surface area contributed by atoms with Crippen molar-refractivity contribution in [3.8, 4) is 5.75 Å². The Balaban J connectivity index is 2.08. The number of aromatic nitrogens is 2. The van der Waals surface area contributed by atoms with Gasteiger partial charge < -0.3 is 13.8 Å². The number of nitrogens with zero attached hydrogens (tertiary/aromatic N) is 3. The molecule has 1 aromatic carbocycles. The van der Waals surface area contributed by atoms with E-state index in [1.54, 1.807) is 24.8 Å². The van der Waals surface area contributed by atoms with E-state index in [4.69, 9.17) is 9.26 Å². The number of carbonyl (C=O) groups excluding carboxylic acids is 1. The van der Waals surface area contributed by atoms with Crippen LogP contribution in [0.5, 0.6) is 5.75 Å². The standard InChI is InChI=1S/C17H19N3O3S2/c1-4-22-12-5-6-13-15(10-12)25-17(20(13)7-8-24-3)18-16(21)14-9-11(2)19-23-14/h5-6,9-10H,4,7-8H2,1-3H3. The Morgan fingerprint density at radius 3 is 2.96 bits per heavy atom. The number of rotatable bonds is 6. The van der Waals surface area contributed by atoms with Crippen LogP contribution in [-0.2, 0) is 6.54 Å². The number of hydrogen-bond acceptors (Lipinski definition) is 6. The average Bonchev–Trinajstić information content (AvgIpc) is 3.16. The van der Waals surface area contributed by atoms with Crippen LogP contribution in [0.3, 0.4) is 0 Å². The summed E-state index contributed by atoms with van der Waals surface area (Å²) in [5.74, 6) is 1.48. The van der Waals surface area contributed by atoms with Gasteiger partial charge >= 0.3 is 5.91 Å². The molecule has 25 heavy (non-hydrogen) atoms. The lowest BCUT2D eigenvalue weighted by atomic mass is 10.3. The molecule has 0 saturated heterocycles. The molecule has 0 bridgehead atoms. The molecule has 2 aromatic heterocycles. The van der Waals surface area contributed by atoms with Crippen LogP contribution < -0.4 is 9.54 Å². The molecule has 0 fully saturated rings. The second kappa shape index (κ2) is 7.88. The Kier molecular flexibility index (Phi) is 5.60. The first-order chi connectivity index (χ1) is 12.1. The quantitative estimate of drug-likeness (QED) is 0.657. The maximum atomic E-state index is 12.4. The largest absolute Gasteiger partial charge is 0.494 e. The molecule has 1 amide bonds. The van der Waals surface area contributed by atoms with Crippen molar-refractivity contribution in [3.05, 3.63) is 40.5 Å². The van der Waals surface area contributed by atoms with Gasteiger partial charge in [-0.15, -0.1) is 0 Å². The van der Waals surface area contributed by atoms with Crippen LogP contribution in [0.15, 0.2) is 33.8 Å². The van der Waals surface area contributed by atoms with Gasteiger partial charge in [0.25, 0.3) is 0 Å². The lowest BCUT2D eigenvalue weighted by molar-refractivity contribution is 0.0962. The van der Waals surface area contributed by atoms with Gasteiger partial charge in [0.1, 0.15) is 5.75 Å². The van der Waals surface area contributed by atoms with E-state index in [1.807, 2.05) is 25.1 Å². The molecular weight excluding hydrogens is 358 g/mol. The summed E-state index contributed by atoms with van der Waals surface area (Å²) in [5, 5.41) is 3.75. The summed E-state index contributed by atoms with van der Waals surface area (Å²) in [4.78, 5) is 17.3. The van der Waals surface area contributed by atoms with Crippen LogP contribution in [-0.4, -0.2) is 34.2 Å². The first kappa shape index (κ1) is 17.8. The van der Waals surface area contributed by atoms with E-state index >= 15 is 0 Å². The number of ether oxygens (including phenoxy) is 1.